The molecule has 0 aliphatic heterocycles. The van der Waals surface area contributed by atoms with Crippen LogP contribution in [0.2, 0.25) is 0 Å². The van der Waals surface area contributed by atoms with Crippen LogP contribution in [-0.4, -0.2) is 50.0 Å². The van der Waals surface area contributed by atoms with E-state index in [2.05, 4.69) is 29.1 Å². The van der Waals surface area contributed by atoms with Crippen LogP contribution in [0.15, 0.2) is 17.6 Å². The van der Waals surface area contributed by atoms with Crippen molar-refractivity contribution in [3.8, 4) is 0 Å². The summed E-state index contributed by atoms with van der Waals surface area (Å²) in [6.07, 6.45) is 11.2. The van der Waals surface area contributed by atoms with Crippen LogP contribution < -0.4 is 10.6 Å². The smallest absolute Gasteiger partial charge is 0.243 e. The second-order valence-corrected chi connectivity index (χ2v) is 6.75. The van der Waals surface area contributed by atoms with Crippen molar-refractivity contribution in [3.05, 3.63) is 12.7 Å². The topological polar surface area (TPSA) is 56.7 Å². The van der Waals surface area contributed by atoms with Crippen molar-refractivity contribution in [2.24, 2.45) is 10.9 Å². The van der Waals surface area contributed by atoms with Gasteiger partial charge in [-0.15, -0.1) is 6.58 Å². The van der Waals surface area contributed by atoms with E-state index in [0.717, 1.165) is 12.3 Å². The zero-order chi connectivity index (χ0) is 17.1. The summed E-state index contributed by atoms with van der Waals surface area (Å²) in [5.74, 6) is 1.58. The van der Waals surface area contributed by atoms with Crippen LogP contribution in [0.4, 0.5) is 0 Å². The molecule has 0 bridgehead atoms. The third-order valence-corrected chi connectivity index (χ3v) is 4.40. The van der Waals surface area contributed by atoms with Gasteiger partial charge in [0.05, 0.1) is 0 Å². The van der Waals surface area contributed by atoms with Gasteiger partial charge in [-0.05, 0) is 25.7 Å². The normalized spacial score (nSPS) is 17.4. The molecule has 2 N–H and O–H groups in total. The molecule has 1 unspecified atom stereocenters. The molecule has 0 aromatic heterocycles. The van der Waals surface area contributed by atoms with E-state index in [0.29, 0.717) is 18.5 Å². The monoisotopic (exact) mass is 322 g/mol. The van der Waals surface area contributed by atoms with Crippen molar-refractivity contribution >= 4 is 11.9 Å². The molecule has 132 valence electrons. The van der Waals surface area contributed by atoms with Gasteiger partial charge in [-0.3, -0.25) is 4.79 Å². The van der Waals surface area contributed by atoms with Gasteiger partial charge in [0, 0.05) is 26.7 Å². The summed E-state index contributed by atoms with van der Waals surface area (Å²) in [5, 5.41) is 6.59. The van der Waals surface area contributed by atoms with Crippen molar-refractivity contribution in [2.45, 2.75) is 57.9 Å². The molecule has 0 spiro atoms. The van der Waals surface area contributed by atoms with Crippen LogP contribution in [0.5, 0.6) is 0 Å². The highest BCUT2D eigenvalue weighted by Gasteiger charge is 2.15. The first-order valence-electron chi connectivity index (χ1n) is 8.88. The molecule has 1 rings (SSSR count). The Morgan fingerprint density at radius 1 is 1.35 bits per heavy atom. The standard InChI is InChI=1S/C18H34N4O/c1-5-13-19-18(20-14-17(23)22(3)4)21-15(2)11-12-16-9-7-6-8-10-16/h5,15-16H,1,6-14H2,2-4H3,(H2,19,20,21). The van der Waals surface area contributed by atoms with Crippen LogP contribution in [0.3, 0.4) is 0 Å². The first-order valence-corrected chi connectivity index (χ1v) is 8.88. The number of aliphatic imine (C=N–C) groups is 1. The van der Waals surface area contributed by atoms with E-state index < -0.39 is 0 Å². The maximum Gasteiger partial charge on any atom is 0.243 e. The van der Waals surface area contributed by atoms with E-state index in [-0.39, 0.29) is 12.5 Å². The first-order chi connectivity index (χ1) is 11.0. The Hall–Kier alpha value is -1.52. The lowest BCUT2D eigenvalue weighted by Gasteiger charge is -2.24. The van der Waals surface area contributed by atoms with Crippen LogP contribution >= 0.6 is 0 Å². The fraction of sp³-hybridized carbons (Fsp3) is 0.778. The van der Waals surface area contributed by atoms with E-state index >= 15 is 0 Å². The molecule has 0 saturated heterocycles. The van der Waals surface area contributed by atoms with Gasteiger partial charge in [0.25, 0.3) is 0 Å². The van der Waals surface area contributed by atoms with Gasteiger partial charge in [0.2, 0.25) is 5.91 Å². The minimum Gasteiger partial charge on any atom is -0.354 e. The van der Waals surface area contributed by atoms with Crippen LogP contribution in [0.25, 0.3) is 0 Å². The Morgan fingerprint density at radius 3 is 2.65 bits per heavy atom. The fourth-order valence-electron chi connectivity index (χ4n) is 2.88. The van der Waals surface area contributed by atoms with Crippen LogP contribution in [0.1, 0.15) is 51.9 Å². The molecular weight excluding hydrogens is 288 g/mol. The van der Waals surface area contributed by atoms with Crippen molar-refractivity contribution < 1.29 is 4.79 Å². The lowest BCUT2D eigenvalue weighted by atomic mass is 9.85. The summed E-state index contributed by atoms with van der Waals surface area (Å²) in [6, 6.07) is 0.349. The Kier molecular flexibility index (Phi) is 9.41. The molecule has 1 atom stereocenters. The number of carbonyl (C=O) groups is 1. The molecule has 5 heteroatoms. The lowest BCUT2D eigenvalue weighted by molar-refractivity contribution is -0.127. The molecule has 1 saturated carbocycles. The Bertz CT molecular complexity index is 386. The Labute approximate surface area is 141 Å². The van der Waals surface area contributed by atoms with Gasteiger partial charge in [-0.2, -0.15) is 0 Å². The SMILES string of the molecule is C=CCNC(=NCC(=O)N(C)C)NC(C)CCC1CCCCC1. The molecule has 1 aliphatic rings. The van der Waals surface area contributed by atoms with Gasteiger partial charge < -0.3 is 15.5 Å². The molecular formula is C18H34N4O. The number of nitrogens with zero attached hydrogens (tertiary/aromatic N) is 2. The van der Waals surface area contributed by atoms with E-state index in [4.69, 9.17) is 0 Å². The predicted octanol–water partition coefficient (Wildman–Crippen LogP) is 2.54. The van der Waals surface area contributed by atoms with Gasteiger partial charge >= 0.3 is 0 Å². The zero-order valence-corrected chi connectivity index (χ0v) is 15.1. The highest BCUT2D eigenvalue weighted by atomic mass is 16.2. The molecule has 0 heterocycles. The minimum absolute atomic E-state index is 0.000406. The number of guanidine groups is 1. The Balaban J connectivity index is 2.42. The van der Waals surface area contributed by atoms with E-state index in [1.807, 2.05) is 0 Å². The zero-order valence-electron chi connectivity index (χ0n) is 15.1. The summed E-state index contributed by atoms with van der Waals surface area (Å²) in [4.78, 5) is 17.6. The third kappa shape index (κ3) is 8.62. The number of nitrogens with one attached hydrogen (secondary N) is 2. The molecule has 23 heavy (non-hydrogen) atoms. The largest absolute Gasteiger partial charge is 0.354 e. The fourth-order valence-corrected chi connectivity index (χ4v) is 2.88. The average Bonchev–Trinajstić information content (AvgIpc) is 2.55. The van der Waals surface area contributed by atoms with Crippen molar-refractivity contribution in [3.63, 3.8) is 0 Å². The van der Waals surface area contributed by atoms with Gasteiger partial charge in [-0.1, -0.05) is 38.2 Å². The number of likely N-dealkylation sites (N-methyl/N-ethyl adjacent to an activating group) is 1. The van der Waals surface area contributed by atoms with E-state index in [1.54, 1.807) is 25.1 Å². The summed E-state index contributed by atoms with van der Waals surface area (Å²) in [6.45, 7) is 6.69. The molecule has 0 radical (unpaired) electrons. The van der Waals surface area contributed by atoms with Gasteiger partial charge in [-0.25, -0.2) is 4.99 Å². The maximum absolute atomic E-state index is 11.7. The highest BCUT2D eigenvalue weighted by molar-refractivity contribution is 5.84. The molecule has 1 amide bonds. The maximum atomic E-state index is 11.7. The minimum atomic E-state index is -0.000406. The Morgan fingerprint density at radius 2 is 2.04 bits per heavy atom. The second-order valence-electron chi connectivity index (χ2n) is 6.75. The highest BCUT2D eigenvalue weighted by Crippen LogP contribution is 2.27. The van der Waals surface area contributed by atoms with Crippen molar-refractivity contribution in [2.75, 3.05) is 27.2 Å². The number of rotatable bonds is 8. The number of hydrogen-bond acceptors (Lipinski definition) is 2. The quantitative estimate of drug-likeness (QED) is 0.410. The molecule has 0 aromatic rings. The lowest BCUT2D eigenvalue weighted by Crippen LogP contribution is -2.43. The first kappa shape index (κ1) is 19.5. The third-order valence-electron chi connectivity index (χ3n) is 4.40. The molecule has 1 fully saturated rings. The summed E-state index contributed by atoms with van der Waals surface area (Å²) in [5.41, 5.74) is 0. The number of amides is 1. The van der Waals surface area contributed by atoms with Gasteiger partial charge in [0.15, 0.2) is 5.96 Å². The van der Waals surface area contributed by atoms with Crippen LogP contribution in [-0.2, 0) is 4.79 Å². The molecule has 0 aromatic carbocycles. The van der Waals surface area contributed by atoms with Crippen molar-refractivity contribution in [1.29, 1.82) is 0 Å². The van der Waals surface area contributed by atoms with Crippen molar-refractivity contribution in [1.82, 2.24) is 15.5 Å². The molecule has 1 aliphatic carbocycles. The second kappa shape index (κ2) is 11.1. The summed E-state index contributed by atoms with van der Waals surface area (Å²) >= 11 is 0. The van der Waals surface area contributed by atoms with Crippen LogP contribution in [0, 0.1) is 5.92 Å². The number of carbonyl (C=O) groups excluding carboxylic acids is 1. The molecule has 5 nitrogen and oxygen atoms in total. The van der Waals surface area contributed by atoms with E-state index in [1.165, 1.54) is 38.5 Å². The average molecular weight is 322 g/mol. The summed E-state index contributed by atoms with van der Waals surface area (Å²) in [7, 11) is 3.49. The van der Waals surface area contributed by atoms with Gasteiger partial charge in [0.1, 0.15) is 6.54 Å². The summed E-state index contributed by atoms with van der Waals surface area (Å²) < 4.78 is 0. The van der Waals surface area contributed by atoms with E-state index in [9.17, 15) is 4.79 Å². The number of hydrogen-bond donors (Lipinski definition) is 2. The predicted molar refractivity (Wildman–Crippen MR) is 97.6 cm³/mol.